The molecular weight excluding hydrogens is 1320 g/mol. The molecule has 0 bridgehead atoms. The summed E-state index contributed by atoms with van der Waals surface area (Å²) in [5, 5.41) is 30.1. The number of aromatic nitrogens is 8. The van der Waals surface area contributed by atoms with Crippen LogP contribution in [0.2, 0.25) is 0 Å². The number of fused-ring (bicyclic) bond motifs is 6. The fourth-order valence-corrected chi connectivity index (χ4v) is 13.7. The lowest BCUT2D eigenvalue weighted by atomic mass is 9.98. The molecule has 0 spiro atoms. The van der Waals surface area contributed by atoms with Crippen LogP contribution in [0.3, 0.4) is 0 Å². The molecule has 0 unspecified atom stereocenters. The highest BCUT2D eigenvalue weighted by Gasteiger charge is 2.42. The van der Waals surface area contributed by atoms with Gasteiger partial charge in [0.25, 0.3) is 0 Å². The van der Waals surface area contributed by atoms with Crippen LogP contribution in [0.25, 0.3) is 22.3 Å². The van der Waals surface area contributed by atoms with E-state index in [0.717, 1.165) is 55.6 Å². The number of amides is 6. The number of nitrogens with zero attached hydrogens (tertiary/aromatic N) is 12. The van der Waals surface area contributed by atoms with Crippen molar-refractivity contribution < 1.29 is 57.2 Å². The van der Waals surface area contributed by atoms with Crippen molar-refractivity contribution in [3.63, 3.8) is 0 Å². The fourth-order valence-electron chi connectivity index (χ4n) is 13.7. The van der Waals surface area contributed by atoms with Gasteiger partial charge in [-0.25, -0.2) is 9.59 Å². The van der Waals surface area contributed by atoms with E-state index in [1.54, 1.807) is 37.5 Å². The van der Waals surface area contributed by atoms with Crippen molar-refractivity contribution in [2.45, 2.75) is 140 Å². The maximum atomic E-state index is 15.0. The fraction of sp³-hybridized carbons (Fsp3) is 0.385. The second-order valence-corrected chi connectivity index (χ2v) is 26.3. The van der Waals surface area contributed by atoms with Gasteiger partial charge >= 0.3 is 24.2 Å². The van der Waals surface area contributed by atoms with E-state index in [9.17, 15) is 28.8 Å². The maximum absolute atomic E-state index is 15.0. The standard InChI is InChI=1S/C78H84N14O12/c1-51(87(5)77(97)103-49-67-63-37-19-15-33-59(63)60-34-16-20-38-64(60)67)71(93)79-69(73(95)89-41-25-31-57(89)45-91-75(81-83-85-91)101-47-55-27-11-9-12-28-55)53(3)99-43-23-7-8-24-44-100-54(4)70(74(96)90-42-26-32-58(90)46-92-76(82-84-86-92)102-48-56-29-13-10-14-30-56)80-72(94)52(2)88(6)78(98)104-50-68-65-39-21-17-35-61(65)62-36-18-22-40-66(62)68/h9-22,27-30,33-40,51-54,57-58,67-70H,25-26,31-32,41-50H2,1-6H3,(H,79,93)(H,80,94)/t51-,52-,53+,54+,57-,58-,69-,70-/m0/s1. The number of likely N-dealkylation sites (N-methyl/N-ethyl adjacent to an activating group) is 2. The third kappa shape index (κ3) is 16.8. The topological polar surface area (TPSA) is 282 Å². The number of likely N-dealkylation sites (tertiary alicyclic amines) is 2. The quantitative estimate of drug-likeness (QED) is 0.0442. The van der Waals surface area contributed by atoms with Crippen molar-refractivity contribution in [1.82, 2.24) is 70.6 Å². The Morgan fingerprint density at radius 1 is 0.490 bits per heavy atom. The molecule has 6 amide bonds. The summed E-state index contributed by atoms with van der Waals surface area (Å²) in [6.07, 6.45) is -0.841. The summed E-state index contributed by atoms with van der Waals surface area (Å²) in [5.41, 5.74) is 10.3. The zero-order chi connectivity index (χ0) is 72.6. The number of hydrogen-bond acceptors (Lipinski definition) is 18. The Morgan fingerprint density at radius 2 is 0.837 bits per heavy atom. The van der Waals surface area contributed by atoms with E-state index in [-0.39, 0.29) is 76.6 Å². The van der Waals surface area contributed by atoms with Crippen LogP contribution >= 0.6 is 0 Å². The second kappa shape index (κ2) is 34.0. The van der Waals surface area contributed by atoms with Crippen molar-refractivity contribution in [2.75, 3.05) is 53.6 Å². The van der Waals surface area contributed by atoms with Crippen LogP contribution in [0.1, 0.15) is 98.6 Å². The molecule has 26 heteroatoms. The summed E-state index contributed by atoms with van der Waals surface area (Å²) in [6, 6.07) is 46.1. The van der Waals surface area contributed by atoms with Gasteiger partial charge in [-0.15, -0.1) is 0 Å². The lowest BCUT2D eigenvalue weighted by Crippen LogP contribution is -2.58. The highest BCUT2D eigenvalue weighted by atomic mass is 16.6. The van der Waals surface area contributed by atoms with E-state index in [1.165, 1.54) is 33.3 Å². The van der Waals surface area contributed by atoms with Crippen LogP contribution in [0, 0.1) is 23.7 Å². The van der Waals surface area contributed by atoms with Gasteiger partial charge in [-0.2, -0.15) is 9.36 Å². The number of rotatable bonds is 28. The Hall–Kier alpha value is -11.5. The Morgan fingerprint density at radius 3 is 1.20 bits per heavy atom. The molecule has 8 aromatic rings. The van der Waals surface area contributed by atoms with Gasteiger partial charge in [0.1, 0.15) is 63.8 Å². The third-order valence-corrected chi connectivity index (χ3v) is 19.8. The van der Waals surface area contributed by atoms with Crippen LogP contribution in [-0.2, 0) is 64.4 Å². The van der Waals surface area contributed by atoms with Gasteiger partial charge in [0.15, 0.2) is 0 Å². The monoisotopic (exact) mass is 1410 g/mol. The van der Waals surface area contributed by atoms with Crippen molar-refractivity contribution in [2.24, 2.45) is 0 Å². The van der Waals surface area contributed by atoms with Gasteiger partial charge in [-0.3, -0.25) is 29.0 Å². The molecule has 4 aliphatic rings. The van der Waals surface area contributed by atoms with Gasteiger partial charge in [0.2, 0.25) is 23.6 Å². The molecular formula is C78H84N14O12. The SMILES string of the molecule is C[C@@H](OCC#CC#CCO[C@H](C)[C@H](NC(=O)[C@H](C)N(C)C(=O)OCC1c2ccccc2-c2ccccc21)C(=O)N1CCC[C@H]1Cn1nnnc1OCc1ccccc1)[C@H](NC(=O)[C@H](C)N(C)C(=O)OCC1c2ccccc2-c2ccccc21)C(=O)N1CCC[C@H]1Cn1nnnc1OCc1ccccc1. The number of carbonyl (C=O) groups excluding carboxylic acids is 6. The summed E-state index contributed by atoms with van der Waals surface area (Å²) in [5.74, 6) is 8.75. The Balaban J connectivity index is 0.697. The van der Waals surface area contributed by atoms with Crippen molar-refractivity contribution in [3.05, 3.63) is 191 Å². The van der Waals surface area contributed by atoms with Crippen LogP contribution in [0.4, 0.5) is 9.59 Å². The van der Waals surface area contributed by atoms with Gasteiger partial charge in [0, 0.05) is 39.0 Å². The summed E-state index contributed by atoms with van der Waals surface area (Å²) >= 11 is 0. The number of carbonyl (C=O) groups is 6. The molecule has 104 heavy (non-hydrogen) atoms. The van der Waals surface area contributed by atoms with E-state index in [0.29, 0.717) is 38.8 Å². The average Bonchev–Trinajstić information content (AvgIpc) is 1.62. The minimum atomic E-state index is -1.26. The lowest BCUT2D eigenvalue weighted by Gasteiger charge is -2.33. The predicted molar refractivity (Wildman–Crippen MR) is 381 cm³/mol. The van der Waals surface area contributed by atoms with Crippen molar-refractivity contribution in [3.8, 4) is 58.0 Å². The molecule has 12 rings (SSSR count). The number of benzene rings is 6. The molecule has 4 heterocycles. The Bertz CT molecular complexity index is 4100. The van der Waals surface area contributed by atoms with Crippen LogP contribution in [0.5, 0.6) is 12.0 Å². The largest absolute Gasteiger partial charge is 0.458 e. The number of hydrogen-bond donors (Lipinski definition) is 2. The first-order valence-corrected chi connectivity index (χ1v) is 35.0. The van der Waals surface area contributed by atoms with Gasteiger partial charge in [-0.1, -0.05) is 180 Å². The average molecular weight is 1410 g/mol. The minimum Gasteiger partial charge on any atom is -0.458 e. The number of nitrogens with one attached hydrogen (secondary N) is 2. The number of tetrazole rings is 2. The van der Waals surface area contributed by atoms with E-state index in [4.69, 9.17) is 28.4 Å². The molecule has 8 atom stereocenters. The minimum absolute atomic E-state index is 0.0417. The predicted octanol–water partition coefficient (Wildman–Crippen LogP) is 7.83. The molecule has 538 valence electrons. The molecule has 2 aliphatic heterocycles. The summed E-state index contributed by atoms with van der Waals surface area (Å²) in [7, 11) is 2.95. The smallest absolute Gasteiger partial charge is 0.410 e. The first kappa shape index (κ1) is 72.3. The van der Waals surface area contributed by atoms with E-state index < -0.39 is 84.3 Å². The van der Waals surface area contributed by atoms with Crippen molar-refractivity contribution >= 4 is 35.8 Å². The molecule has 2 saturated heterocycles. The Labute approximate surface area is 603 Å². The molecule has 2 N–H and O–H groups in total. The summed E-state index contributed by atoms with van der Waals surface area (Å²) in [6.45, 7) is 7.65. The molecule has 6 aromatic carbocycles. The zero-order valence-electron chi connectivity index (χ0n) is 58.9. The first-order valence-electron chi connectivity index (χ1n) is 35.0. The summed E-state index contributed by atoms with van der Waals surface area (Å²) in [4.78, 5) is 92.1. The second-order valence-electron chi connectivity index (χ2n) is 26.3. The van der Waals surface area contributed by atoms with Gasteiger partial charge in [0.05, 0.1) is 37.4 Å². The molecule has 2 fully saturated rings. The molecule has 2 aliphatic carbocycles. The molecule has 26 nitrogen and oxygen atoms in total. The van der Waals surface area contributed by atoms with E-state index >= 15 is 0 Å². The zero-order valence-corrected chi connectivity index (χ0v) is 58.9. The maximum Gasteiger partial charge on any atom is 0.410 e. The van der Waals surface area contributed by atoms with Gasteiger partial charge in [-0.05, 0) is 142 Å². The Kier molecular flexibility index (Phi) is 23.6. The van der Waals surface area contributed by atoms with Crippen LogP contribution in [0.15, 0.2) is 158 Å². The summed E-state index contributed by atoms with van der Waals surface area (Å²) < 4.78 is 39.3. The molecule has 2 aromatic heterocycles. The third-order valence-electron chi connectivity index (χ3n) is 19.8. The highest BCUT2D eigenvalue weighted by Crippen LogP contribution is 2.46. The van der Waals surface area contributed by atoms with E-state index in [1.807, 2.05) is 158 Å². The highest BCUT2D eigenvalue weighted by molar-refractivity contribution is 5.93. The first-order chi connectivity index (χ1) is 50.6. The van der Waals surface area contributed by atoms with Crippen molar-refractivity contribution in [1.29, 1.82) is 0 Å². The van der Waals surface area contributed by atoms with Crippen LogP contribution in [-0.4, -0.2) is 198 Å². The lowest BCUT2D eigenvalue weighted by molar-refractivity contribution is -0.142. The van der Waals surface area contributed by atoms with E-state index in [2.05, 4.69) is 65.4 Å². The molecule has 0 saturated carbocycles. The normalized spacial score (nSPS) is 16.6. The molecule has 0 radical (unpaired) electrons. The van der Waals surface area contributed by atoms with Gasteiger partial charge < -0.3 is 48.9 Å². The number of ether oxygens (including phenoxy) is 6. The van der Waals surface area contributed by atoms with Crippen LogP contribution < -0.4 is 20.1 Å².